The normalized spacial score (nSPS) is 28.0. The zero-order valence-corrected chi connectivity index (χ0v) is 12.8. The van der Waals surface area contributed by atoms with E-state index in [9.17, 15) is 13.5 Å². The average molecular weight is 293 g/mol. The predicted molar refractivity (Wildman–Crippen MR) is 75.7 cm³/mol. The van der Waals surface area contributed by atoms with Gasteiger partial charge in [0.15, 0.2) is 0 Å². The molecule has 0 aliphatic heterocycles. The second-order valence-electron chi connectivity index (χ2n) is 5.74. The Morgan fingerprint density at radius 3 is 2.63 bits per heavy atom. The lowest BCUT2D eigenvalue weighted by Gasteiger charge is -2.40. The van der Waals surface area contributed by atoms with Crippen LogP contribution in [0.25, 0.3) is 0 Å². The van der Waals surface area contributed by atoms with Crippen LogP contribution in [0.2, 0.25) is 0 Å². The maximum Gasteiger partial charge on any atom is 0.150 e. The van der Waals surface area contributed by atoms with E-state index in [0.717, 1.165) is 19.3 Å². The highest BCUT2D eigenvalue weighted by Crippen LogP contribution is 2.37. The van der Waals surface area contributed by atoms with Crippen molar-refractivity contribution in [3.8, 4) is 0 Å². The minimum Gasteiger partial charge on any atom is -0.387 e. The lowest BCUT2D eigenvalue weighted by atomic mass is 9.75. The fourth-order valence-electron chi connectivity index (χ4n) is 3.07. The van der Waals surface area contributed by atoms with Gasteiger partial charge >= 0.3 is 0 Å². The van der Waals surface area contributed by atoms with Crippen molar-refractivity contribution in [1.82, 2.24) is 0 Å². The molecule has 0 aromatic heterocycles. The fourth-order valence-corrected chi connectivity index (χ4v) is 4.25. The lowest BCUT2D eigenvalue weighted by molar-refractivity contribution is -0.0893. The Balaban J connectivity index is 2.78. The number of methoxy groups -OCH3 is 1. The summed E-state index contributed by atoms with van der Waals surface area (Å²) >= 11 is 0. The maximum absolute atomic E-state index is 11.7. The molecule has 19 heavy (non-hydrogen) atoms. The predicted octanol–water partition coefficient (Wildman–Crippen LogP) is 0.706. The minimum absolute atomic E-state index is 0.0209. The maximum atomic E-state index is 11.7. The molecule has 3 unspecified atom stereocenters. The second kappa shape index (κ2) is 7.02. The molecule has 0 spiro atoms. The molecule has 1 saturated carbocycles. The minimum atomic E-state index is -3.03. The third-order valence-corrected chi connectivity index (χ3v) is 5.84. The van der Waals surface area contributed by atoms with E-state index < -0.39 is 15.4 Å². The molecule has 0 radical (unpaired) electrons. The Morgan fingerprint density at radius 1 is 1.42 bits per heavy atom. The monoisotopic (exact) mass is 293 g/mol. The molecule has 0 aromatic rings. The van der Waals surface area contributed by atoms with Gasteiger partial charge in [0, 0.05) is 13.4 Å². The molecule has 5 nitrogen and oxygen atoms in total. The van der Waals surface area contributed by atoms with Crippen LogP contribution in [0.4, 0.5) is 0 Å². The molecular weight excluding hydrogens is 266 g/mol. The van der Waals surface area contributed by atoms with Crippen LogP contribution in [-0.2, 0) is 14.6 Å². The Kier molecular flexibility index (Phi) is 6.23. The molecule has 1 rings (SSSR count). The Hall–Kier alpha value is -0.170. The van der Waals surface area contributed by atoms with Crippen molar-refractivity contribution in [2.24, 2.45) is 11.7 Å². The summed E-state index contributed by atoms with van der Waals surface area (Å²) in [4.78, 5) is 0. The van der Waals surface area contributed by atoms with Crippen LogP contribution in [0, 0.1) is 5.92 Å². The molecular formula is C13H27NO4S. The fraction of sp³-hybridized carbons (Fsp3) is 1.00. The summed E-state index contributed by atoms with van der Waals surface area (Å²) in [5.41, 5.74) is 4.56. The third-order valence-electron chi connectivity index (χ3n) is 4.20. The molecule has 3 N–H and O–H groups in total. The van der Waals surface area contributed by atoms with Gasteiger partial charge in [-0.2, -0.15) is 0 Å². The average Bonchev–Trinajstić information content (AvgIpc) is 2.36. The van der Waals surface area contributed by atoms with E-state index in [1.54, 1.807) is 7.11 Å². The van der Waals surface area contributed by atoms with Gasteiger partial charge < -0.3 is 15.6 Å². The quantitative estimate of drug-likeness (QED) is 0.721. The Bertz CT molecular complexity index is 371. The summed E-state index contributed by atoms with van der Waals surface area (Å²) in [5.74, 6) is -0.0209. The van der Waals surface area contributed by atoms with Crippen LogP contribution < -0.4 is 5.73 Å². The number of ether oxygens (including phenoxy) is 1. The molecule has 0 bridgehead atoms. The standard InChI is InChI=1S/C13H27NO4S/c1-18-10-13(15,7-4-8-14)11-5-3-6-12(9-11)19(2,16)17/h11-12,15H,3-10,14H2,1-2H3. The first-order chi connectivity index (χ1) is 8.83. The van der Waals surface area contributed by atoms with Crippen LogP contribution in [0.5, 0.6) is 0 Å². The van der Waals surface area contributed by atoms with Crippen LogP contribution in [0.1, 0.15) is 38.5 Å². The van der Waals surface area contributed by atoms with Crippen LogP contribution in [0.15, 0.2) is 0 Å². The van der Waals surface area contributed by atoms with Gasteiger partial charge in [-0.05, 0) is 44.6 Å². The van der Waals surface area contributed by atoms with Gasteiger partial charge in [0.25, 0.3) is 0 Å². The van der Waals surface area contributed by atoms with Gasteiger partial charge in [-0.1, -0.05) is 6.42 Å². The zero-order valence-electron chi connectivity index (χ0n) is 12.0. The van der Waals surface area contributed by atoms with Gasteiger partial charge in [0.05, 0.1) is 17.5 Å². The lowest BCUT2D eigenvalue weighted by Crippen LogP contribution is -2.46. The molecule has 0 aromatic carbocycles. The summed E-state index contributed by atoms with van der Waals surface area (Å²) in [6.45, 7) is 0.766. The van der Waals surface area contributed by atoms with Gasteiger partial charge in [0.1, 0.15) is 9.84 Å². The molecule has 3 atom stereocenters. The number of hydrogen-bond donors (Lipinski definition) is 2. The molecule has 1 aliphatic rings. The number of sulfone groups is 1. The summed E-state index contributed by atoms with van der Waals surface area (Å²) in [6.07, 6.45) is 5.51. The third kappa shape index (κ3) is 4.70. The zero-order chi connectivity index (χ0) is 14.5. The van der Waals surface area contributed by atoms with Crippen molar-refractivity contribution in [2.75, 3.05) is 26.5 Å². The van der Waals surface area contributed by atoms with Gasteiger partial charge in [-0.25, -0.2) is 8.42 Å². The van der Waals surface area contributed by atoms with Crippen molar-refractivity contribution in [3.63, 3.8) is 0 Å². The van der Waals surface area contributed by atoms with E-state index in [0.29, 0.717) is 25.8 Å². The molecule has 0 amide bonds. The molecule has 114 valence electrons. The van der Waals surface area contributed by atoms with E-state index in [1.165, 1.54) is 6.26 Å². The molecule has 1 aliphatic carbocycles. The highest BCUT2D eigenvalue weighted by Gasteiger charge is 2.41. The van der Waals surface area contributed by atoms with E-state index in [1.807, 2.05) is 0 Å². The van der Waals surface area contributed by atoms with E-state index in [-0.39, 0.29) is 17.8 Å². The number of aliphatic hydroxyl groups is 1. The first-order valence-corrected chi connectivity index (χ1v) is 8.89. The van der Waals surface area contributed by atoms with E-state index >= 15 is 0 Å². The van der Waals surface area contributed by atoms with Crippen molar-refractivity contribution < 1.29 is 18.3 Å². The molecule has 0 heterocycles. The Labute approximate surface area is 116 Å². The topological polar surface area (TPSA) is 89.6 Å². The number of hydrogen-bond acceptors (Lipinski definition) is 5. The summed E-state index contributed by atoms with van der Waals surface area (Å²) < 4.78 is 28.5. The molecule has 1 fully saturated rings. The van der Waals surface area contributed by atoms with Gasteiger partial charge in [-0.3, -0.25) is 0 Å². The number of nitrogens with two attached hydrogens (primary N) is 1. The number of rotatable bonds is 7. The highest BCUT2D eigenvalue weighted by atomic mass is 32.2. The first-order valence-electron chi connectivity index (χ1n) is 6.93. The largest absolute Gasteiger partial charge is 0.387 e. The SMILES string of the molecule is COCC(O)(CCCN)C1CCCC(S(C)(=O)=O)C1. The van der Waals surface area contributed by atoms with Crippen molar-refractivity contribution in [3.05, 3.63) is 0 Å². The van der Waals surface area contributed by atoms with Crippen molar-refractivity contribution in [1.29, 1.82) is 0 Å². The molecule has 0 saturated heterocycles. The first kappa shape index (κ1) is 16.9. The van der Waals surface area contributed by atoms with Crippen LogP contribution >= 0.6 is 0 Å². The van der Waals surface area contributed by atoms with Gasteiger partial charge in [-0.15, -0.1) is 0 Å². The van der Waals surface area contributed by atoms with Crippen molar-refractivity contribution in [2.45, 2.75) is 49.4 Å². The Morgan fingerprint density at radius 2 is 2.11 bits per heavy atom. The van der Waals surface area contributed by atoms with E-state index in [2.05, 4.69) is 0 Å². The van der Waals surface area contributed by atoms with Crippen LogP contribution in [0.3, 0.4) is 0 Å². The summed E-state index contributed by atoms with van der Waals surface area (Å²) in [6, 6.07) is 0. The summed E-state index contributed by atoms with van der Waals surface area (Å²) in [7, 11) is -1.47. The highest BCUT2D eigenvalue weighted by molar-refractivity contribution is 7.91. The van der Waals surface area contributed by atoms with Crippen LogP contribution in [-0.4, -0.2) is 50.9 Å². The van der Waals surface area contributed by atoms with Gasteiger partial charge in [0.2, 0.25) is 0 Å². The molecule has 6 heteroatoms. The smallest absolute Gasteiger partial charge is 0.150 e. The summed E-state index contributed by atoms with van der Waals surface area (Å²) in [5, 5.41) is 10.4. The van der Waals surface area contributed by atoms with Crippen molar-refractivity contribution >= 4 is 9.84 Å². The van der Waals surface area contributed by atoms with E-state index in [4.69, 9.17) is 10.5 Å². The second-order valence-corrected chi connectivity index (χ2v) is 8.07.